The molecule has 0 aliphatic carbocycles. The summed E-state index contributed by atoms with van der Waals surface area (Å²) >= 11 is 0. The van der Waals surface area contributed by atoms with Crippen LogP contribution < -0.4 is 15.5 Å². The molecule has 1 atom stereocenters. The van der Waals surface area contributed by atoms with Crippen molar-refractivity contribution in [1.29, 1.82) is 0 Å². The van der Waals surface area contributed by atoms with Gasteiger partial charge in [0.15, 0.2) is 16.8 Å². The highest BCUT2D eigenvalue weighted by atomic mass is 16.5. The predicted octanol–water partition coefficient (Wildman–Crippen LogP) is 4.96. The quantitative estimate of drug-likeness (QED) is 0.320. The highest BCUT2D eigenvalue weighted by Gasteiger charge is 2.15. The number of para-hydroxylation sites is 1. The number of aromatic amines is 1. The first-order valence-electron chi connectivity index (χ1n) is 11.4. The van der Waals surface area contributed by atoms with Gasteiger partial charge in [-0.1, -0.05) is 32.3 Å². The van der Waals surface area contributed by atoms with Crippen LogP contribution in [0.4, 0.5) is 5.69 Å². The van der Waals surface area contributed by atoms with Gasteiger partial charge in [0.25, 0.3) is 5.91 Å². The van der Waals surface area contributed by atoms with Crippen molar-refractivity contribution in [3.05, 3.63) is 64.3 Å². The number of hydrogen-bond donors (Lipinski definition) is 2. The van der Waals surface area contributed by atoms with E-state index in [9.17, 15) is 9.59 Å². The van der Waals surface area contributed by atoms with E-state index in [1.807, 2.05) is 0 Å². The van der Waals surface area contributed by atoms with Crippen molar-refractivity contribution < 1.29 is 13.9 Å². The third-order valence-electron chi connectivity index (χ3n) is 5.49. The average molecular weight is 462 g/mol. The van der Waals surface area contributed by atoms with Gasteiger partial charge in [0, 0.05) is 11.6 Å². The maximum Gasteiger partial charge on any atom is 0.255 e. The fourth-order valence-electron chi connectivity index (χ4n) is 3.68. The molecule has 1 unspecified atom stereocenters. The Labute approximate surface area is 196 Å². The van der Waals surface area contributed by atoms with Gasteiger partial charge in [0.1, 0.15) is 5.75 Å². The number of nitrogens with one attached hydrogen (secondary N) is 2. The average Bonchev–Trinajstić information content (AvgIpc) is 3.38. The van der Waals surface area contributed by atoms with Crippen LogP contribution in [0.5, 0.6) is 5.75 Å². The van der Waals surface area contributed by atoms with Gasteiger partial charge < -0.3 is 14.5 Å². The topological polar surface area (TPSA) is 123 Å². The maximum absolute atomic E-state index is 12.9. The number of fused-ring (bicyclic) bond motifs is 1. The molecular weight excluding hydrogens is 434 g/mol. The number of nitrogens with zero attached hydrogens (tertiary/aromatic N) is 3. The van der Waals surface area contributed by atoms with Gasteiger partial charge in [-0.25, -0.2) is 0 Å². The Morgan fingerprint density at radius 3 is 2.71 bits per heavy atom. The molecule has 0 spiro atoms. The number of ether oxygens (including phenoxy) is 1. The number of tetrazole rings is 1. The molecule has 2 heterocycles. The van der Waals surface area contributed by atoms with Gasteiger partial charge in [-0.2, -0.15) is 5.21 Å². The zero-order chi connectivity index (χ0) is 23.9. The molecule has 9 heteroatoms. The first kappa shape index (κ1) is 23.2. The number of hydrogen-bond acceptors (Lipinski definition) is 7. The summed E-state index contributed by atoms with van der Waals surface area (Å²) in [5, 5.41) is 16.7. The molecule has 0 bridgehead atoms. The van der Waals surface area contributed by atoms with Crippen LogP contribution in [0.1, 0.15) is 56.3 Å². The third kappa shape index (κ3) is 5.48. The molecule has 9 nitrogen and oxygen atoms in total. The van der Waals surface area contributed by atoms with Crippen LogP contribution in [-0.2, 0) is 0 Å². The Kier molecular flexibility index (Phi) is 7.31. The van der Waals surface area contributed by atoms with Crippen molar-refractivity contribution in [2.24, 2.45) is 0 Å². The molecule has 0 aliphatic heterocycles. The molecule has 1 amide bonds. The molecular formula is C25H27N5O4. The molecule has 0 fully saturated rings. The summed E-state index contributed by atoms with van der Waals surface area (Å²) in [4.78, 5) is 25.4. The number of rotatable bonds is 10. The number of anilines is 1. The minimum absolute atomic E-state index is 0.114. The number of benzene rings is 2. The molecule has 2 aromatic heterocycles. The van der Waals surface area contributed by atoms with E-state index >= 15 is 0 Å². The number of carbonyl (C=O) groups is 1. The second kappa shape index (κ2) is 10.7. The van der Waals surface area contributed by atoms with Crippen molar-refractivity contribution in [2.45, 2.75) is 52.1 Å². The summed E-state index contributed by atoms with van der Waals surface area (Å²) in [5.74, 6) is 0.688. The molecule has 4 aromatic rings. The van der Waals surface area contributed by atoms with E-state index in [2.05, 4.69) is 39.8 Å². The molecule has 34 heavy (non-hydrogen) atoms. The monoisotopic (exact) mass is 461 g/mol. The highest BCUT2D eigenvalue weighted by Crippen LogP contribution is 2.26. The van der Waals surface area contributed by atoms with Crippen LogP contribution in [0.15, 0.2) is 57.7 Å². The van der Waals surface area contributed by atoms with E-state index in [4.69, 9.17) is 9.15 Å². The van der Waals surface area contributed by atoms with E-state index in [0.717, 1.165) is 18.6 Å². The Hall–Kier alpha value is -4.01. The summed E-state index contributed by atoms with van der Waals surface area (Å²) in [6.07, 6.45) is 5.93. The second-order valence-electron chi connectivity index (χ2n) is 8.15. The van der Waals surface area contributed by atoms with E-state index in [1.54, 1.807) is 42.5 Å². The van der Waals surface area contributed by atoms with Gasteiger partial charge in [-0.3, -0.25) is 9.59 Å². The molecule has 2 aromatic carbocycles. The standard InChI is InChI=1S/C25H27N5O4/c1-3-4-5-6-8-16(2)33-18-13-11-17(12-14-18)25(32)26-20-10-7-9-19-21(31)15-22(34-23(19)20)24-27-29-30-28-24/h7,9-16H,3-6,8H2,1-2H3,(H,26,32)(H,27,28,29,30). The van der Waals surface area contributed by atoms with Crippen LogP contribution in [0.2, 0.25) is 0 Å². The van der Waals surface area contributed by atoms with Crippen molar-refractivity contribution >= 4 is 22.6 Å². The lowest BCUT2D eigenvalue weighted by atomic mass is 10.1. The van der Waals surface area contributed by atoms with Crippen molar-refractivity contribution in [2.75, 3.05) is 5.32 Å². The Morgan fingerprint density at radius 1 is 1.15 bits per heavy atom. The molecule has 0 saturated carbocycles. The lowest BCUT2D eigenvalue weighted by Crippen LogP contribution is -2.14. The predicted molar refractivity (Wildman–Crippen MR) is 129 cm³/mol. The Bertz CT molecular complexity index is 1300. The lowest BCUT2D eigenvalue weighted by Gasteiger charge is -2.15. The first-order valence-corrected chi connectivity index (χ1v) is 11.4. The zero-order valence-corrected chi connectivity index (χ0v) is 19.2. The van der Waals surface area contributed by atoms with Gasteiger partial charge >= 0.3 is 0 Å². The fraction of sp³-hybridized carbons (Fsp3) is 0.320. The Morgan fingerprint density at radius 2 is 1.97 bits per heavy atom. The normalized spacial score (nSPS) is 11.9. The summed E-state index contributed by atoms with van der Waals surface area (Å²) in [6.45, 7) is 4.25. The number of unbranched alkanes of at least 4 members (excludes halogenated alkanes) is 3. The van der Waals surface area contributed by atoms with Gasteiger partial charge in [-0.05, 0) is 61.4 Å². The van der Waals surface area contributed by atoms with Gasteiger partial charge in [0.2, 0.25) is 5.82 Å². The molecule has 0 aliphatic rings. The van der Waals surface area contributed by atoms with E-state index in [1.165, 1.54) is 25.3 Å². The van der Waals surface area contributed by atoms with Gasteiger partial charge in [-0.15, -0.1) is 10.2 Å². The number of H-pyrrole nitrogens is 1. The highest BCUT2D eigenvalue weighted by molar-refractivity contribution is 6.08. The van der Waals surface area contributed by atoms with Crippen molar-refractivity contribution in [1.82, 2.24) is 20.6 Å². The molecule has 2 N–H and O–H groups in total. The molecule has 176 valence electrons. The van der Waals surface area contributed by atoms with E-state index < -0.39 is 0 Å². The van der Waals surface area contributed by atoms with Crippen LogP contribution in [-0.4, -0.2) is 32.6 Å². The smallest absolute Gasteiger partial charge is 0.255 e. The number of aromatic nitrogens is 4. The van der Waals surface area contributed by atoms with Crippen LogP contribution in [0, 0.1) is 0 Å². The van der Waals surface area contributed by atoms with Crippen LogP contribution in [0.3, 0.4) is 0 Å². The number of amides is 1. The fourth-order valence-corrected chi connectivity index (χ4v) is 3.68. The van der Waals surface area contributed by atoms with Crippen molar-refractivity contribution in [3.8, 4) is 17.3 Å². The van der Waals surface area contributed by atoms with Crippen LogP contribution >= 0.6 is 0 Å². The molecule has 4 rings (SSSR count). The molecule has 0 saturated heterocycles. The summed E-state index contributed by atoms with van der Waals surface area (Å²) in [6, 6.07) is 13.3. The second-order valence-corrected chi connectivity index (χ2v) is 8.15. The minimum Gasteiger partial charge on any atom is -0.491 e. The van der Waals surface area contributed by atoms with Crippen LogP contribution in [0.25, 0.3) is 22.6 Å². The van der Waals surface area contributed by atoms with Crippen molar-refractivity contribution in [3.63, 3.8) is 0 Å². The SMILES string of the molecule is CCCCCCC(C)Oc1ccc(C(=O)Nc2cccc3c(=O)cc(-c4nn[nH]n4)oc23)cc1. The van der Waals surface area contributed by atoms with Gasteiger partial charge in [0.05, 0.1) is 17.2 Å². The third-order valence-corrected chi connectivity index (χ3v) is 5.49. The number of carbonyl (C=O) groups excluding carboxylic acids is 1. The Balaban J connectivity index is 1.47. The zero-order valence-electron chi connectivity index (χ0n) is 19.2. The minimum atomic E-state index is -0.334. The first-order chi connectivity index (χ1) is 16.5. The molecule has 0 radical (unpaired) electrons. The summed E-state index contributed by atoms with van der Waals surface area (Å²) in [7, 11) is 0. The van der Waals surface area contributed by atoms with E-state index in [-0.39, 0.29) is 34.6 Å². The van der Waals surface area contributed by atoms with E-state index in [0.29, 0.717) is 16.6 Å². The summed E-state index contributed by atoms with van der Waals surface area (Å²) in [5.41, 5.74) is 0.782. The lowest BCUT2D eigenvalue weighted by molar-refractivity contribution is 0.102. The largest absolute Gasteiger partial charge is 0.491 e. The maximum atomic E-state index is 12.9. The summed E-state index contributed by atoms with van der Waals surface area (Å²) < 4.78 is 11.8.